The highest BCUT2D eigenvalue weighted by atomic mass is 16.6. The Hall–Kier alpha value is -5.93. The Morgan fingerprint density at radius 2 is 1.64 bits per heavy atom. The van der Waals surface area contributed by atoms with Crippen LogP contribution in [-0.2, 0) is 4.79 Å². The first-order valence-corrected chi connectivity index (χ1v) is 18.8. The zero-order valence-corrected chi connectivity index (χ0v) is 30.5. The third-order valence-corrected chi connectivity index (χ3v) is 10.6. The van der Waals surface area contributed by atoms with E-state index in [-0.39, 0.29) is 30.3 Å². The number of aliphatic hydroxyl groups excluding tert-OH is 2. The summed E-state index contributed by atoms with van der Waals surface area (Å²) in [5.41, 5.74) is 3.87. The number of amides is 3. The lowest BCUT2D eigenvalue weighted by molar-refractivity contribution is -0.122. The Morgan fingerprint density at radius 1 is 0.909 bits per heavy atom. The van der Waals surface area contributed by atoms with E-state index in [2.05, 4.69) is 45.5 Å². The van der Waals surface area contributed by atoms with Gasteiger partial charge in [0.1, 0.15) is 25.4 Å². The third kappa shape index (κ3) is 7.71. The predicted octanol–water partition coefficient (Wildman–Crippen LogP) is 3.80. The Bertz CT molecular complexity index is 2090. The Labute approximate surface area is 318 Å². The lowest BCUT2D eigenvalue weighted by Crippen LogP contribution is -2.42. The van der Waals surface area contributed by atoms with Crippen LogP contribution in [0.1, 0.15) is 49.3 Å². The summed E-state index contributed by atoms with van der Waals surface area (Å²) in [6.07, 6.45) is 0.508. The van der Waals surface area contributed by atoms with Crippen molar-refractivity contribution in [1.29, 1.82) is 0 Å². The summed E-state index contributed by atoms with van der Waals surface area (Å²) in [5, 5.41) is 34.6. The molecule has 15 heteroatoms. The van der Waals surface area contributed by atoms with Crippen molar-refractivity contribution in [2.45, 2.75) is 62.4 Å². The molecule has 55 heavy (non-hydrogen) atoms. The van der Waals surface area contributed by atoms with Crippen molar-refractivity contribution in [2.75, 3.05) is 48.4 Å². The zero-order valence-electron chi connectivity index (χ0n) is 30.5. The fourth-order valence-corrected chi connectivity index (χ4v) is 7.68. The number of fused-ring (bicyclic) bond motifs is 2. The van der Waals surface area contributed by atoms with E-state index in [0.717, 1.165) is 11.1 Å². The number of carbonyl (C=O) groups excluding carboxylic acids is 2. The standard InChI is InChI=1S/C40H45N9O6/c1-2-33(50)45-29-20-30(36(52)35(29)51)49-23-42-34-37(41-21-28(24-9-5-3-6-10-24)25-11-7-4-8-12-25)46-39(47-38(34)49)48-16-15-27(22-48)44-40(53)43-26-13-14-31-32(19-26)55-18-17-54-31/h3-14,19,23,27-30,35-36,51-52H,2,15-18,20-22H2,1H3,(H,45,50)(H,41,46,47)(H2,43,44,53)/t27-,29+,30-,35-,36+/m1/s1. The van der Waals surface area contributed by atoms with Gasteiger partial charge in [0.25, 0.3) is 0 Å². The van der Waals surface area contributed by atoms with Crippen molar-refractivity contribution in [3.05, 3.63) is 96.3 Å². The average Bonchev–Trinajstić information content (AvgIpc) is 3.93. The fourth-order valence-electron chi connectivity index (χ4n) is 7.68. The van der Waals surface area contributed by atoms with Crippen LogP contribution in [-0.4, -0.2) is 98.8 Å². The molecule has 3 amide bonds. The van der Waals surface area contributed by atoms with Crippen molar-refractivity contribution >= 4 is 40.6 Å². The van der Waals surface area contributed by atoms with Gasteiger partial charge in [0, 0.05) is 49.8 Å². The van der Waals surface area contributed by atoms with Gasteiger partial charge in [0.2, 0.25) is 11.9 Å². The number of hydrogen-bond acceptors (Lipinski definition) is 11. The molecule has 2 aliphatic heterocycles. The third-order valence-electron chi connectivity index (χ3n) is 10.6. The van der Waals surface area contributed by atoms with E-state index in [1.54, 1.807) is 36.0 Å². The van der Waals surface area contributed by atoms with E-state index in [1.807, 2.05) is 41.3 Å². The minimum Gasteiger partial charge on any atom is -0.486 e. The van der Waals surface area contributed by atoms with Gasteiger partial charge in [-0.15, -0.1) is 0 Å². The molecule has 6 N–H and O–H groups in total. The molecule has 2 aromatic heterocycles. The number of urea groups is 1. The minimum absolute atomic E-state index is 0.000715. The van der Waals surface area contributed by atoms with Crippen LogP contribution < -0.4 is 35.6 Å². The summed E-state index contributed by atoms with van der Waals surface area (Å²) >= 11 is 0. The molecule has 1 saturated heterocycles. The molecule has 1 aliphatic carbocycles. The molecule has 286 valence electrons. The number of nitrogens with zero attached hydrogens (tertiary/aromatic N) is 5. The van der Waals surface area contributed by atoms with E-state index in [0.29, 0.717) is 85.8 Å². The number of aliphatic hydroxyl groups is 2. The maximum atomic E-state index is 13.1. The van der Waals surface area contributed by atoms with E-state index in [1.165, 1.54) is 0 Å². The van der Waals surface area contributed by atoms with Gasteiger partial charge in [0.05, 0.1) is 18.4 Å². The highest BCUT2D eigenvalue weighted by Crippen LogP contribution is 2.36. The largest absolute Gasteiger partial charge is 0.486 e. The van der Waals surface area contributed by atoms with Crippen molar-refractivity contribution in [2.24, 2.45) is 0 Å². The van der Waals surface area contributed by atoms with E-state index in [9.17, 15) is 19.8 Å². The minimum atomic E-state index is -1.16. The second-order valence-corrected chi connectivity index (χ2v) is 14.2. The van der Waals surface area contributed by atoms with Crippen LogP contribution in [0.15, 0.2) is 85.2 Å². The van der Waals surface area contributed by atoms with E-state index in [4.69, 9.17) is 24.4 Å². The molecule has 0 bridgehead atoms. The van der Waals surface area contributed by atoms with Gasteiger partial charge in [-0.05, 0) is 36.1 Å². The maximum Gasteiger partial charge on any atom is 0.319 e. The normalized spacial score (nSPS) is 21.8. The highest BCUT2D eigenvalue weighted by Gasteiger charge is 2.44. The molecular weight excluding hydrogens is 702 g/mol. The number of anilines is 3. The Kier molecular flexibility index (Phi) is 10.4. The quantitative estimate of drug-likeness (QED) is 0.115. The summed E-state index contributed by atoms with van der Waals surface area (Å²) in [4.78, 5) is 42.1. The average molecular weight is 748 g/mol. The Balaban J connectivity index is 1.06. The van der Waals surface area contributed by atoms with Crippen LogP contribution >= 0.6 is 0 Å². The first-order chi connectivity index (χ1) is 26.8. The summed E-state index contributed by atoms with van der Waals surface area (Å²) in [7, 11) is 0. The van der Waals surface area contributed by atoms with Gasteiger partial charge >= 0.3 is 6.03 Å². The zero-order chi connectivity index (χ0) is 37.9. The van der Waals surface area contributed by atoms with Crippen LogP contribution in [0, 0.1) is 0 Å². The van der Waals surface area contributed by atoms with E-state index < -0.39 is 24.3 Å². The molecule has 2 fully saturated rings. The van der Waals surface area contributed by atoms with Gasteiger partial charge in [0.15, 0.2) is 28.5 Å². The van der Waals surface area contributed by atoms with Crippen molar-refractivity contribution in [1.82, 2.24) is 30.2 Å². The van der Waals surface area contributed by atoms with Gasteiger partial charge in [-0.1, -0.05) is 67.6 Å². The monoisotopic (exact) mass is 747 g/mol. The highest BCUT2D eigenvalue weighted by molar-refractivity contribution is 5.90. The second kappa shape index (κ2) is 15.8. The first kappa shape index (κ1) is 36.1. The summed E-state index contributed by atoms with van der Waals surface area (Å²) in [6.45, 7) is 4.23. The van der Waals surface area contributed by atoms with Gasteiger partial charge in [-0.3, -0.25) is 4.79 Å². The molecule has 0 unspecified atom stereocenters. The molecule has 5 aromatic rings. The number of aromatic nitrogens is 4. The summed E-state index contributed by atoms with van der Waals surface area (Å²) in [5.74, 6) is 1.99. The number of imidazole rings is 1. The van der Waals surface area contributed by atoms with Crippen LogP contribution in [0.3, 0.4) is 0 Å². The van der Waals surface area contributed by atoms with Crippen LogP contribution in [0.25, 0.3) is 11.2 Å². The number of hydrogen-bond donors (Lipinski definition) is 6. The molecule has 8 rings (SSSR count). The first-order valence-electron chi connectivity index (χ1n) is 18.8. The van der Waals surface area contributed by atoms with Crippen molar-refractivity contribution in [3.63, 3.8) is 0 Å². The van der Waals surface area contributed by atoms with Crippen molar-refractivity contribution < 1.29 is 29.3 Å². The van der Waals surface area contributed by atoms with Gasteiger partial charge in [-0.25, -0.2) is 9.78 Å². The van der Waals surface area contributed by atoms with Crippen LogP contribution in [0.2, 0.25) is 0 Å². The smallest absolute Gasteiger partial charge is 0.319 e. The van der Waals surface area contributed by atoms with Gasteiger partial charge in [-0.2, -0.15) is 9.97 Å². The molecule has 1 saturated carbocycles. The molecule has 0 spiro atoms. The maximum absolute atomic E-state index is 13.1. The van der Waals surface area contributed by atoms with Crippen LogP contribution in [0.5, 0.6) is 11.5 Å². The van der Waals surface area contributed by atoms with Gasteiger partial charge < -0.3 is 50.4 Å². The fraction of sp³-hybridized carbons (Fsp3) is 0.375. The van der Waals surface area contributed by atoms with Crippen LogP contribution in [0.4, 0.5) is 22.2 Å². The lowest BCUT2D eigenvalue weighted by Gasteiger charge is -2.22. The molecule has 4 heterocycles. The number of nitrogens with one attached hydrogen (secondary N) is 4. The molecule has 15 nitrogen and oxygen atoms in total. The topological polar surface area (TPSA) is 188 Å². The number of rotatable bonds is 11. The SMILES string of the molecule is CCC(=O)N[C@H]1C[C@@H](n2cnc3c(NCC(c4ccccc4)c4ccccc4)nc(N4CC[C@@H](NC(=O)Nc5ccc6c(c5)OCCO6)C4)nc32)[C@H](O)[C@@H]1O. The number of carbonyl (C=O) groups is 2. The lowest BCUT2D eigenvalue weighted by atomic mass is 9.91. The molecular formula is C40H45N9O6. The second-order valence-electron chi connectivity index (χ2n) is 14.2. The van der Waals surface area contributed by atoms with E-state index >= 15 is 0 Å². The van der Waals surface area contributed by atoms with Crippen molar-refractivity contribution in [3.8, 4) is 11.5 Å². The molecule has 0 radical (unpaired) electrons. The Morgan fingerprint density at radius 3 is 2.36 bits per heavy atom. The molecule has 5 atom stereocenters. The summed E-state index contributed by atoms with van der Waals surface area (Å²) in [6, 6.07) is 24.1. The molecule has 3 aliphatic rings. The predicted molar refractivity (Wildman–Crippen MR) is 207 cm³/mol. The summed E-state index contributed by atoms with van der Waals surface area (Å²) < 4.78 is 13.0. The number of benzene rings is 3. The molecule has 3 aromatic carbocycles. The number of ether oxygens (including phenoxy) is 2.